The van der Waals surface area contributed by atoms with E-state index in [1.807, 2.05) is 0 Å². The van der Waals surface area contributed by atoms with Crippen molar-refractivity contribution in [1.29, 1.82) is 0 Å². The van der Waals surface area contributed by atoms with Crippen LogP contribution in [0.25, 0.3) is 0 Å². The van der Waals surface area contributed by atoms with Crippen LogP contribution >= 0.6 is 0 Å². The molecule has 3 aliphatic rings. The molecule has 2 N–H and O–H groups in total. The third-order valence-corrected chi connectivity index (χ3v) is 7.26. The number of carbonyl (C=O) groups excluding carboxylic acids is 4. The molecule has 2 fully saturated rings. The molecule has 2 aromatic carbocycles. The zero-order chi connectivity index (χ0) is 26.2. The third kappa shape index (κ3) is 5.00. The topological polar surface area (TPSA) is 108 Å². The Labute approximate surface area is 213 Å². The first-order valence-electron chi connectivity index (χ1n) is 12.5. The number of rotatable bonds is 8. The van der Waals surface area contributed by atoms with Crippen molar-refractivity contribution in [3.8, 4) is 0 Å². The first-order valence-corrected chi connectivity index (χ1v) is 12.5. The number of hydrogen-bond donors (Lipinski definition) is 2. The number of amides is 5. The molecule has 0 radical (unpaired) electrons. The van der Waals surface area contributed by atoms with Crippen LogP contribution in [0.4, 0.5) is 19.7 Å². The smallest absolute Gasteiger partial charge is 0.418 e. The molecule has 0 unspecified atom stereocenters. The second-order valence-electron chi connectivity index (χ2n) is 9.84. The number of urea groups is 1. The number of benzene rings is 2. The summed E-state index contributed by atoms with van der Waals surface area (Å²) in [5.74, 6) is -0.775. The van der Waals surface area contributed by atoms with Crippen LogP contribution < -0.4 is 10.6 Å². The lowest BCUT2D eigenvalue weighted by molar-refractivity contribution is -0.142. The van der Waals surface area contributed by atoms with E-state index >= 15 is 0 Å². The second kappa shape index (κ2) is 9.84. The highest BCUT2D eigenvalue weighted by molar-refractivity contribution is 6.06. The summed E-state index contributed by atoms with van der Waals surface area (Å²) < 4.78 is 19.4. The van der Waals surface area contributed by atoms with Crippen molar-refractivity contribution in [3.05, 3.63) is 65.0 Å². The molecule has 2 aliphatic carbocycles. The van der Waals surface area contributed by atoms with E-state index in [1.54, 1.807) is 35.2 Å². The number of hydrogen-bond acceptors (Lipinski definition) is 5. The number of carbonyl (C=O) groups is 4. The van der Waals surface area contributed by atoms with Gasteiger partial charge in [-0.05, 0) is 54.2 Å². The van der Waals surface area contributed by atoms with Gasteiger partial charge in [0.2, 0.25) is 11.5 Å². The summed E-state index contributed by atoms with van der Waals surface area (Å²) in [5, 5.41) is 5.17. The molecule has 37 heavy (non-hydrogen) atoms. The van der Waals surface area contributed by atoms with Crippen LogP contribution in [0.2, 0.25) is 0 Å². The van der Waals surface area contributed by atoms with Crippen LogP contribution in [0, 0.1) is 11.7 Å². The van der Waals surface area contributed by atoms with E-state index in [4.69, 9.17) is 4.74 Å². The number of nitrogens with one attached hydrogen (secondary N) is 2. The van der Waals surface area contributed by atoms with Gasteiger partial charge in [-0.1, -0.05) is 31.0 Å². The van der Waals surface area contributed by atoms with Crippen molar-refractivity contribution < 1.29 is 28.3 Å². The van der Waals surface area contributed by atoms with Crippen molar-refractivity contribution in [2.75, 3.05) is 25.5 Å². The normalized spacial score (nSPS) is 20.1. The number of fused-ring (bicyclic) bond motifs is 2. The van der Waals surface area contributed by atoms with Gasteiger partial charge in [0.15, 0.2) is 0 Å². The van der Waals surface area contributed by atoms with Crippen molar-refractivity contribution in [1.82, 2.24) is 15.1 Å². The molecular formula is C27H29FN4O5. The van der Waals surface area contributed by atoms with E-state index < -0.39 is 30.1 Å². The fourth-order valence-corrected chi connectivity index (χ4v) is 5.05. The van der Waals surface area contributed by atoms with E-state index in [0.29, 0.717) is 35.7 Å². The van der Waals surface area contributed by atoms with Crippen molar-refractivity contribution in [2.45, 2.75) is 44.2 Å². The third-order valence-electron chi connectivity index (χ3n) is 7.26. The van der Waals surface area contributed by atoms with E-state index in [-0.39, 0.29) is 24.8 Å². The Balaban J connectivity index is 1.32. The molecule has 1 atom stereocenters. The Bertz CT molecular complexity index is 1260. The van der Waals surface area contributed by atoms with Gasteiger partial charge in [-0.2, -0.15) is 0 Å². The Morgan fingerprint density at radius 1 is 1.19 bits per heavy atom. The quantitative estimate of drug-likeness (QED) is 0.567. The van der Waals surface area contributed by atoms with Crippen LogP contribution in [0.1, 0.15) is 42.4 Å². The molecular weight excluding hydrogens is 479 g/mol. The number of nitrogens with zero attached hydrogens (tertiary/aromatic N) is 2. The van der Waals surface area contributed by atoms with Gasteiger partial charge in [-0.3, -0.25) is 9.59 Å². The standard InChI is InChI=1S/C27H29FN4O5/c1-29-25(35)30-21-7-8-22-19(14-21)9-11-27(22)24(34)32(26(36)37-27)16-23(33)31(12-10-17-5-6-17)15-18-3-2-4-20(28)13-18/h2-4,7-8,13-14,17H,5-6,9-12,15-16H2,1H3,(H2,29,30,35)/t27-/m1/s1. The minimum Gasteiger partial charge on any atom is -0.427 e. The molecule has 194 valence electrons. The minimum absolute atomic E-state index is 0.190. The molecule has 1 heterocycles. The first kappa shape index (κ1) is 24.7. The predicted molar refractivity (Wildman–Crippen MR) is 132 cm³/mol. The molecule has 1 saturated carbocycles. The highest BCUT2D eigenvalue weighted by atomic mass is 19.1. The largest absolute Gasteiger partial charge is 0.427 e. The van der Waals surface area contributed by atoms with Gasteiger partial charge in [0.25, 0.3) is 5.91 Å². The maximum absolute atomic E-state index is 13.7. The molecule has 5 amide bonds. The Hall–Kier alpha value is -3.95. The average Bonchev–Trinajstić information content (AvgIpc) is 3.60. The maximum Gasteiger partial charge on any atom is 0.418 e. The van der Waals surface area contributed by atoms with Gasteiger partial charge in [0.05, 0.1) is 0 Å². The second-order valence-corrected chi connectivity index (χ2v) is 9.84. The van der Waals surface area contributed by atoms with Crippen LogP contribution in [-0.4, -0.2) is 53.9 Å². The zero-order valence-corrected chi connectivity index (χ0v) is 20.6. The lowest BCUT2D eigenvalue weighted by atomic mass is 9.94. The average molecular weight is 509 g/mol. The summed E-state index contributed by atoms with van der Waals surface area (Å²) in [5.41, 5.74) is 1.08. The summed E-state index contributed by atoms with van der Waals surface area (Å²) in [6, 6.07) is 10.8. The fraction of sp³-hybridized carbons (Fsp3) is 0.407. The van der Waals surface area contributed by atoms with Crippen LogP contribution in [0.5, 0.6) is 0 Å². The summed E-state index contributed by atoms with van der Waals surface area (Å²) in [6.07, 6.45) is 2.96. The van der Waals surface area contributed by atoms with E-state index in [2.05, 4.69) is 10.6 Å². The van der Waals surface area contributed by atoms with Crippen molar-refractivity contribution in [3.63, 3.8) is 0 Å². The maximum atomic E-state index is 13.7. The lowest BCUT2D eigenvalue weighted by Crippen LogP contribution is -2.44. The van der Waals surface area contributed by atoms with E-state index in [1.165, 1.54) is 19.2 Å². The molecule has 5 rings (SSSR count). The van der Waals surface area contributed by atoms with E-state index in [0.717, 1.165) is 29.7 Å². The highest BCUT2D eigenvalue weighted by Gasteiger charge is 2.58. The molecule has 1 aliphatic heterocycles. The van der Waals surface area contributed by atoms with Gasteiger partial charge >= 0.3 is 12.1 Å². The fourth-order valence-electron chi connectivity index (χ4n) is 5.05. The Morgan fingerprint density at radius 2 is 2.00 bits per heavy atom. The summed E-state index contributed by atoms with van der Waals surface area (Å²) in [7, 11) is 1.51. The molecule has 9 nitrogen and oxygen atoms in total. The van der Waals surface area contributed by atoms with Gasteiger partial charge < -0.3 is 20.3 Å². The number of aryl methyl sites for hydroxylation is 1. The number of ether oxygens (including phenoxy) is 1. The minimum atomic E-state index is -1.47. The van der Waals surface area contributed by atoms with Crippen LogP contribution in [-0.2, 0) is 32.9 Å². The van der Waals surface area contributed by atoms with Gasteiger partial charge in [0, 0.05) is 37.8 Å². The number of anilines is 1. The molecule has 2 aromatic rings. The van der Waals surface area contributed by atoms with Crippen LogP contribution in [0.15, 0.2) is 42.5 Å². The molecule has 1 spiro atoms. The van der Waals surface area contributed by atoms with Crippen LogP contribution in [0.3, 0.4) is 0 Å². The van der Waals surface area contributed by atoms with Gasteiger partial charge in [0.1, 0.15) is 12.4 Å². The molecule has 10 heteroatoms. The number of halogens is 1. The Morgan fingerprint density at radius 3 is 2.73 bits per heavy atom. The predicted octanol–water partition coefficient (Wildman–Crippen LogP) is 3.53. The highest BCUT2D eigenvalue weighted by Crippen LogP contribution is 2.46. The Kier molecular flexibility index (Phi) is 6.57. The first-order chi connectivity index (χ1) is 17.8. The lowest BCUT2D eigenvalue weighted by Gasteiger charge is -2.25. The van der Waals surface area contributed by atoms with Crippen molar-refractivity contribution in [2.24, 2.45) is 5.92 Å². The summed E-state index contributed by atoms with van der Waals surface area (Å²) in [6.45, 7) is 0.215. The summed E-state index contributed by atoms with van der Waals surface area (Å²) in [4.78, 5) is 53.8. The molecule has 0 aromatic heterocycles. The summed E-state index contributed by atoms with van der Waals surface area (Å²) >= 11 is 0. The zero-order valence-electron chi connectivity index (χ0n) is 20.6. The monoisotopic (exact) mass is 508 g/mol. The van der Waals surface area contributed by atoms with Gasteiger partial charge in [-0.15, -0.1) is 0 Å². The van der Waals surface area contributed by atoms with Crippen molar-refractivity contribution >= 4 is 29.6 Å². The number of imide groups is 1. The molecule has 0 bridgehead atoms. The molecule has 1 saturated heterocycles. The SMILES string of the molecule is CNC(=O)Nc1ccc2c(c1)CC[C@@]21OC(=O)N(CC(=O)N(CCC2CC2)Cc2cccc(F)c2)C1=O. The van der Waals surface area contributed by atoms with E-state index in [9.17, 15) is 23.6 Å². The van der Waals surface area contributed by atoms with Gasteiger partial charge in [-0.25, -0.2) is 18.9 Å².